The minimum absolute atomic E-state index is 0.349. The van der Waals surface area contributed by atoms with E-state index in [0.717, 1.165) is 26.1 Å². The van der Waals surface area contributed by atoms with E-state index in [-0.39, 0.29) is 5.41 Å². The van der Waals surface area contributed by atoms with Gasteiger partial charge in [-0.2, -0.15) is 0 Å². The molecule has 1 fully saturated rings. The van der Waals surface area contributed by atoms with Crippen LogP contribution in [0.4, 0.5) is 0 Å². The number of nitrogens with two attached hydrogens (primary N) is 1. The van der Waals surface area contributed by atoms with Gasteiger partial charge in [-0.15, -0.1) is 0 Å². The number of carboxylic acid groups (broad SMARTS) is 1. The third-order valence-corrected chi connectivity index (χ3v) is 3.34. The third kappa shape index (κ3) is 2.25. The molecule has 1 aliphatic rings. The van der Waals surface area contributed by atoms with E-state index >= 15 is 0 Å². The maximum absolute atomic E-state index is 10.8. The molecule has 0 aromatic heterocycles. The van der Waals surface area contributed by atoms with Crippen molar-refractivity contribution in [2.75, 3.05) is 13.2 Å². The highest BCUT2D eigenvalue weighted by atomic mass is 16.5. The lowest BCUT2D eigenvalue weighted by atomic mass is 9.70. The van der Waals surface area contributed by atoms with Gasteiger partial charge in [-0.3, -0.25) is 4.79 Å². The summed E-state index contributed by atoms with van der Waals surface area (Å²) < 4.78 is 5.25. The second-order valence-electron chi connectivity index (χ2n) is 4.52. The number of carboxylic acids is 1. The molecule has 0 aromatic rings. The fraction of sp³-hybridized carbons (Fsp3) is 0.900. The van der Waals surface area contributed by atoms with Crippen molar-refractivity contribution in [2.24, 2.45) is 17.1 Å². The summed E-state index contributed by atoms with van der Waals surface area (Å²) in [5.41, 5.74) is 5.33. The van der Waals surface area contributed by atoms with Crippen LogP contribution in [0.25, 0.3) is 0 Å². The molecule has 14 heavy (non-hydrogen) atoms. The first-order valence-corrected chi connectivity index (χ1v) is 5.02. The molecule has 3 N–H and O–H groups in total. The summed E-state index contributed by atoms with van der Waals surface area (Å²) in [5.74, 6) is -0.566. The molecule has 1 aliphatic heterocycles. The van der Waals surface area contributed by atoms with Crippen molar-refractivity contribution < 1.29 is 14.6 Å². The highest BCUT2D eigenvalue weighted by Crippen LogP contribution is 2.36. The molecule has 0 bridgehead atoms. The van der Waals surface area contributed by atoms with E-state index in [1.807, 2.05) is 13.8 Å². The molecule has 1 saturated heterocycles. The van der Waals surface area contributed by atoms with E-state index in [1.165, 1.54) is 0 Å². The Balaban J connectivity index is 2.66. The molecular weight excluding hydrogens is 182 g/mol. The molecule has 82 valence electrons. The Kier molecular flexibility index (Phi) is 3.50. The summed E-state index contributed by atoms with van der Waals surface area (Å²) in [6.07, 6.45) is 1.82. The summed E-state index contributed by atoms with van der Waals surface area (Å²) in [7, 11) is 0. The standard InChI is InChI=1S/C10H19NO3/c1-10(2,8(11)9(12)13)7-3-5-14-6-4-7/h7-8H,3-6,11H2,1-2H3,(H,12,13). The van der Waals surface area contributed by atoms with Gasteiger partial charge in [0, 0.05) is 13.2 Å². The maximum atomic E-state index is 10.8. The van der Waals surface area contributed by atoms with Crippen molar-refractivity contribution in [2.45, 2.75) is 32.7 Å². The van der Waals surface area contributed by atoms with Crippen LogP contribution < -0.4 is 5.73 Å². The molecule has 1 heterocycles. The van der Waals surface area contributed by atoms with Gasteiger partial charge in [-0.05, 0) is 24.2 Å². The number of aliphatic carboxylic acids is 1. The summed E-state index contributed by atoms with van der Waals surface area (Å²) >= 11 is 0. The lowest BCUT2D eigenvalue weighted by Gasteiger charge is -2.39. The van der Waals surface area contributed by atoms with Gasteiger partial charge < -0.3 is 15.6 Å². The monoisotopic (exact) mass is 201 g/mol. The first kappa shape index (κ1) is 11.5. The van der Waals surface area contributed by atoms with Gasteiger partial charge >= 0.3 is 5.97 Å². The molecule has 1 unspecified atom stereocenters. The summed E-state index contributed by atoms with van der Waals surface area (Å²) in [6, 6.07) is -0.786. The van der Waals surface area contributed by atoms with Crippen LogP contribution >= 0.6 is 0 Å². The molecule has 4 nitrogen and oxygen atoms in total. The quantitative estimate of drug-likeness (QED) is 0.710. The second kappa shape index (κ2) is 4.28. The SMILES string of the molecule is CC(C)(C1CCOCC1)C(N)C(=O)O. The van der Waals surface area contributed by atoms with Crippen LogP contribution in [0.15, 0.2) is 0 Å². The molecule has 0 aromatic carbocycles. The molecule has 0 amide bonds. The molecule has 0 radical (unpaired) electrons. The zero-order chi connectivity index (χ0) is 10.8. The van der Waals surface area contributed by atoms with Crippen LogP contribution in [0.2, 0.25) is 0 Å². The number of hydrogen-bond acceptors (Lipinski definition) is 3. The molecule has 0 spiro atoms. The van der Waals surface area contributed by atoms with Gasteiger partial charge in [0.05, 0.1) is 0 Å². The van der Waals surface area contributed by atoms with Crippen LogP contribution in [0.3, 0.4) is 0 Å². The van der Waals surface area contributed by atoms with Gasteiger partial charge in [-0.1, -0.05) is 13.8 Å². The fourth-order valence-electron chi connectivity index (χ4n) is 2.01. The van der Waals surface area contributed by atoms with Crippen molar-refractivity contribution in [3.05, 3.63) is 0 Å². The zero-order valence-electron chi connectivity index (χ0n) is 8.82. The smallest absolute Gasteiger partial charge is 0.321 e. The van der Waals surface area contributed by atoms with Crippen molar-refractivity contribution in [1.82, 2.24) is 0 Å². The zero-order valence-corrected chi connectivity index (χ0v) is 8.82. The highest BCUT2D eigenvalue weighted by Gasteiger charge is 2.39. The van der Waals surface area contributed by atoms with Gasteiger partial charge in [0.25, 0.3) is 0 Å². The summed E-state index contributed by atoms with van der Waals surface area (Å²) in [6.45, 7) is 5.31. The molecule has 4 heteroatoms. The lowest BCUT2D eigenvalue weighted by Crippen LogP contribution is -2.49. The van der Waals surface area contributed by atoms with E-state index in [4.69, 9.17) is 15.6 Å². The van der Waals surface area contributed by atoms with E-state index < -0.39 is 12.0 Å². The Hall–Kier alpha value is -0.610. The van der Waals surface area contributed by atoms with E-state index in [1.54, 1.807) is 0 Å². The average molecular weight is 201 g/mol. The highest BCUT2D eigenvalue weighted by molar-refractivity contribution is 5.74. The van der Waals surface area contributed by atoms with Gasteiger partial charge in [0.2, 0.25) is 0 Å². The van der Waals surface area contributed by atoms with Crippen molar-refractivity contribution in [3.8, 4) is 0 Å². The first-order chi connectivity index (χ1) is 6.46. The van der Waals surface area contributed by atoms with Crippen LogP contribution in [-0.4, -0.2) is 30.3 Å². The minimum Gasteiger partial charge on any atom is -0.480 e. The number of rotatable bonds is 3. The summed E-state index contributed by atoms with van der Waals surface area (Å²) in [4.78, 5) is 10.8. The van der Waals surface area contributed by atoms with E-state index in [2.05, 4.69) is 0 Å². The van der Waals surface area contributed by atoms with Crippen LogP contribution in [0.5, 0.6) is 0 Å². The van der Waals surface area contributed by atoms with E-state index in [0.29, 0.717) is 5.92 Å². The molecular formula is C10H19NO3. The minimum atomic E-state index is -0.915. The van der Waals surface area contributed by atoms with Gasteiger partial charge in [0.1, 0.15) is 6.04 Å². The predicted molar refractivity (Wildman–Crippen MR) is 52.9 cm³/mol. The topological polar surface area (TPSA) is 72.5 Å². The Labute approximate surface area is 84.4 Å². The maximum Gasteiger partial charge on any atom is 0.321 e. The normalized spacial score (nSPS) is 21.9. The van der Waals surface area contributed by atoms with Crippen molar-refractivity contribution >= 4 is 5.97 Å². The van der Waals surface area contributed by atoms with Crippen molar-refractivity contribution in [3.63, 3.8) is 0 Å². The van der Waals surface area contributed by atoms with Crippen LogP contribution in [0.1, 0.15) is 26.7 Å². The second-order valence-corrected chi connectivity index (χ2v) is 4.52. The number of hydrogen-bond donors (Lipinski definition) is 2. The molecule has 0 saturated carbocycles. The van der Waals surface area contributed by atoms with Crippen LogP contribution in [-0.2, 0) is 9.53 Å². The largest absolute Gasteiger partial charge is 0.480 e. The fourth-order valence-corrected chi connectivity index (χ4v) is 2.01. The van der Waals surface area contributed by atoms with E-state index in [9.17, 15) is 4.79 Å². The Morgan fingerprint density at radius 3 is 2.43 bits per heavy atom. The van der Waals surface area contributed by atoms with Gasteiger partial charge in [0.15, 0.2) is 0 Å². The third-order valence-electron chi connectivity index (χ3n) is 3.34. The Morgan fingerprint density at radius 1 is 1.50 bits per heavy atom. The molecule has 1 atom stereocenters. The molecule has 1 rings (SSSR count). The Morgan fingerprint density at radius 2 is 2.00 bits per heavy atom. The van der Waals surface area contributed by atoms with Crippen molar-refractivity contribution in [1.29, 1.82) is 0 Å². The average Bonchev–Trinajstić information content (AvgIpc) is 2.18. The summed E-state index contributed by atoms with van der Waals surface area (Å²) in [5, 5.41) is 8.89. The number of carbonyl (C=O) groups is 1. The lowest BCUT2D eigenvalue weighted by molar-refractivity contribution is -0.143. The Bertz CT molecular complexity index is 209. The van der Waals surface area contributed by atoms with Gasteiger partial charge in [-0.25, -0.2) is 0 Å². The molecule has 0 aliphatic carbocycles. The first-order valence-electron chi connectivity index (χ1n) is 5.02. The predicted octanol–water partition coefficient (Wildman–Crippen LogP) is 0.851. The van der Waals surface area contributed by atoms with Crippen LogP contribution in [0, 0.1) is 11.3 Å². The number of ether oxygens (including phenoxy) is 1.